The van der Waals surface area contributed by atoms with E-state index in [4.69, 9.17) is 10.5 Å². The van der Waals surface area contributed by atoms with E-state index in [-0.39, 0.29) is 23.7 Å². The van der Waals surface area contributed by atoms with Crippen LogP contribution in [0.2, 0.25) is 0 Å². The summed E-state index contributed by atoms with van der Waals surface area (Å²) < 4.78 is 33.3. The lowest BCUT2D eigenvalue weighted by Crippen LogP contribution is -2.41. The third-order valence-electron chi connectivity index (χ3n) is 4.02. The topological polar surface area (TPSA) is 110 Å². The van der Waals surface area contributed by atoms with Crippen molar-refractivity contribution in [1.29, 1.82) is 0 Å². The van der Waals surface area contributed by atoms with Crippen LogP contribution < -0.4 is 10.5 Å². The van der Waals surface area contributed by atoms with Gasteiger partial charge in [0.25, 0.3) is 10.0 Å². The van der Waals surface area contributed by atoms with E-state index in [2.05, 4.69) is 14.9 Å². The molecule has 2 heterocycles. The molecule has 3 rings (SSSR count). The van der Waals surface area contributed by atoms with Gasteiger partial charge in [0.05, 0.1) is 12.1 Å². The molecule has 1 aliphatic heterocycles. The molecule has 8 heteroatoms. The number of hydrogen-bond acceptors (Lipinski definition) is 5. The van der Waals surface area contributed by atoms with Crippen LogP contribution in [-0.4, -0.2) is 37.4 Å². The number of aromatic amines is 1. The van der Waals surface area contributed by atoms with Crippen molar-refractivity contribution in [3.8, 4) is 0 Å². The first-order chi connectivity index (χ1) is 9.53. The Morgan fingerprint density at radius 1 is 1.45 bits per heavy atom. The van der Waals surface area contributed by atoms with Gasteiger partial charge in [-0.05, 0) is 32.1 Å². The summed E-state index contributed by atoms with van der Waals surface area (Å²) >= 11 is 0. The minimum absolute atomic E-state index is 0.00569. The Hall–Kier alpha value is -0.960. The lowest BCUT2D eigenvalue weighted by Gasteiger charge is -2.19. The average Bonchev–Trinajstić information content (AvgIpc) is 3.02. The fourth-order valence-corrected chi connectivity index (χ4v) is 4.26. The summed E-state index contributed by atoms with van der Waals surface area (Å²) in [4.78, 5) is 0. The average molecular weight is 300 g/mol. The first-order valence-electron chi connectivity index (χ1n) is 6.91. The minimum Gasteiger partial charge on any atom is -0.376 e. The first-order valence-corrected chi connectivity index (χ1v) is 8.39. The van der Waals surface area contributed by atoms with Crippen LogP contribution in [-0.2, 0) is 21.3 Å². The van der Waals surface area contributed by atoms with Crippen LogP contribution in [0.4, 0.5) is 0 Å². The maximum absolute atomic E-state index is 12.5. The molecule has 2 atom stereocenters. The molecule has 1 aromatic rings. The predicted molar refractivity (Wildman–Crippen MR) is 72.4 cm³/mol. The zero-order valence-electron chi connectivity index (χ0n) is 11.4. The normalized spacial score (nSPS) is 27.1. The summed E-state index contributed by atoms with van der Waals surface area (Å²) in [7, 11) is -3.66. The molecule has 2 unspecified atom stereocenters. The Labute approximate surface area is 118 Å². The van der Waals surface area contributed by atoms with Crippen molar-refractivity contribution >= 4 is 10.0 Å². The molecule has 7 nitrogen and oxygen atoms in total. The second-order valence-corrected chi connectivity index (χ2v) is 7.16. The molecule has 0 spiro atoms. The molecular formula is C12H20N4O3S. The molecule has 0 aromatic carbocycles. The maximum Gasteiger partial charge on any atom is 0.260 e. The Morgan fingerprint density at radius 3 is 2.85 bits per heavy atom. The number of ether oxygens (including phenoxy) is 1. The van der Waals surface area contributed by atoms with Gasteiger partial charge in [0, 0.05) is 24.4 Å². The Kier molecular flexibility index (Phi) is 3.57. The number of nitrogens with zero attached hydrogens (tertiary/aromatic N) is 1. The van der Waals surface area contributed by atoms with Gasteiger partial charge in [-0.25, -0.2) is 13.1 Å². The van der Waals surface area contributed by atoms with Crippen molar-refractivity contribution in [1.82, 2.24) is 14.9 Å². The molecule has 0 amide bonds. The monoisotopic (exact) mass is 300 g/mol. The van der Waals surface area contributed by atoms with Gasteiger partial charge in [0.15, 0.2) is 5.03 Å². The van der Waals surface area contributed by atoms with E-state index in [1.807, 2.05) is 0 Å². The van der Waals surface area contributed by atoms with Gasteiger partial charge < -0.3 is 10.5 Å². The fourth-order valence-electron chi connectivity index (χ4n) is 2.77. The molecule has 2 aliphatic rings. The lowest BCUT2D eigenvalue weighted by atomic mass is 10.1. The van der Waals surface area contributed by atoms with Crippen LogP contribution in [0.25, 0.3) is 0 Å². The van der Waals surface area contributed by atoms with Crippen LogP contribution in [0.15, 0.2) is 5.03 Å². The van der Waals surface area contributed by atoms with Crippen molar-refractivity contribution in [3.05, 3.63) is 11.3 Å². The van der Waals surface area contributed by atoms with Crippen LogP contribution in [0.5, 0.6) is 0 Å². The smallest absolute Gasteiger partial charge is 0.260 e. The predicted octanol–water partition coefficient (Wildman–Crippen LogP) is 0.0226. The number of nitrogens with two attached hydrogens (primary N) is 1. The highest BCUT2D eigenvalue weighted by molar-refractivity contribution is 7.89. The highest BCUT2D eigenvalue weighted by Gasteiger charge is 2.42. The van der Waals surface area contributed by atoms with E-state index in [1.165, 1.54) is 0 Å². The Balaban J connectivity index is 1.81. The Morgan fingerprint density at radius 2 is 2.20 bits per heavy atom. The lowest BCUT2D eigenvalue weighted by molar-refractivity contribution is 0.0848. The summed E-state index contributed by atoms with van der Waals surface area (Å²) in [5, 5.41) is 6.59. The third kappa shape index (κ3) is 2.48. The molecule has 1 aromatic heterocycles. The molecule has 0 bridgehead atoms. The number of rotatable bonds is 5. The standard InChI is InChI=1S/C12H20N4O3S/c1-7-9(6-13)12(15-14-7)20(17,18)16-10-4-5-19-11(10)8-2-3-8/h8,10-11,16H,2-6,13H2,1H3,(H,14,15). The molecular weight excluding hydrogens is 280 g/mol. The second-order valence-electron chi connectivity index (χ2n) is 5.53. The van der Waals surface area contributed by atoms with Crippen LogP contribution in [0, 0.1) is 12.8 Å². The minimum atomic E-state index is -3.66. The number of hydrogen-bond donors (Lipinski definition) is 3. The molecule has 1 saturated heterocycles. The van der Waals surface area contributed by atoms with E-state index in [1.54, 1.807) is 6.92 Å². The molecule has 1 saturated carbocycles. The quantitative estimate of drug-likeness (QED) is 0.710. The number of aromatic nitrogens is 2. The molecule has 2 fully saturated rings. The molecule has 4 N–H and O–H groups in total. The van der Waals surface area contributed by atoms with Gasteiger partial charge in [-0.15, -0.1) is 0 Å². The van der Waals surface area contributed by atoms with Crippen molar-refractivity contribution in [2.24, 2.45) is 11.7 Å². The highest BCUT2D eigenvalue weighted by atomic mass is 32.2. The summed E-state index contributed by atoms with van der Waals surface area (Å²) in [5.41, 5.74) is 6.84. The SMILES string of the molecule is Cc1[nH]nc(S(=O)(=O)NC2CCOC2C2CC2)c1CN. The van der Waals surface area contributed by atoms with E-state index in [9.17, 15) is 8.42 Å². The number of nitrogens with one attached hydrogen (secondary N) is 2. The summed E-state index contributed by atoms with van der Waals surface area (Å²) in [6.45, 7) is 2.52. The summed E-state index contributed by atoms with van der Waals surface area (Å²) in [5.74, 6) is 0.500. The van der Waals surface area contributed by atoms with E-state index < -0.39 is 10.0 Å². The van der Waals surface area contributed by atoms with Gasteiger partial charge in [0.2, 0.25) is 0 Å². The van der Waals surface area contributed by atoms with Gasteiger partial charge in [-0.3, -0.25) is 5.10 Å². The molecule has 112 valence electrons. The van der Waals surface area contributed by atoms with E-state index in [0.29, 0.717) is 30.2 Å². The molecule has 20 heavy (non-hydrogen) atoms. The highest BCUT2D eigenvalue weighted by Crippen LogP contribution is 2.39. The number of aryl methyl sites for hydroxylation is 1. The van der Waals surface area contributed by atoms with Crippen molar-refractivity contribution in [3.63, 3.8) is 0 Å². The summed E-state index contributed by atoms with van der Waals surface area (Å²) in [6.07, 6.45) is 2.96. The Bertz CT molecular complexity index is 594. The van der Waals surface area contributed by atoms with E-state index in [0.717, 1.165) is 12.8 Å². The fraction of sp³-hybridized carbons (Fsp3) is 0.750. The van der Waals surface area contributed by atoms with Crippen molar-refractivity contribution in [2.45, 2.75) is 49.9 Å². The maximum atomic E-state index is 12.5. The van der Waals surface area contributed by atoms with E-state index >= 15 is 0 Å². The van der Waals surface area contributed by atoms with Gasteiger partial charge in [-0.1, -0.05) is 0 Å². The van der Waals surface area contributed by atoms with Crippen molar-refractivity contribution < 1.29 is 13.2 Å². The van der Waals surface area contributed by atoms with Gasteiger partial charge in [-0.2, -0.15) is 5.10 Å². The zero-order chi connectivity index (χ0) is 14.3. The molecule has 1 aliphatic carbocycles. The number of H-pyrrole nitrogens is 1. The van der Waals surface area contributed by atoms with Crippen LogP contribution in [0.1, 0.15) is 30.5 Å². The first kappa shape index (κ1) is 14.0. The second kappa shape index (κ2) is 5.10. The summed E-state index contributed by atoms with van der Waals surface area (Å²) in [6, 6.07) is -0.157. The third-order valence-corrected chi connectivity index (χ3v) is 5.48. The zero-order valence-corrected chi connectivity index (χ0v) is 12.2. The van der Waals surface area contributed by atoms with Crippen LogP contribution >= 0.6 is 0 Å². The number of sulfonamides is 1. The van der Waals surface area contributed by atoms with Gasteiger partial charge in [0.1, 0.15) is 0 Å². The van der Waals surface area contributed by atoms with Gasteiger partial charge >= 0.3 is 0 Å². The van der Waals surface area contributed by atoms with Crippen molar-refractivity contribution in [2.75, 3.05) is 6.61 Å². The molecule has 0 radical (unpaired) electrons. The largest absolute Gasteiger partial charge is 0.376 e. The van der Waals surface area contributed by atoms with Crippen LogP contribution in [0.3, 0.4) is 0 Å².